The molecular formula is C13H14F2N2OS. The molecule has 0 bridgehead atoms. The minimum Gasteiger partial charge on any atom is -0.387 e. The number of aryl methyl sites for hydroxylation is 1. The number of rotatable bonds is 5. The molecule has 102 valence electrons. The van der Waals surface area contributed by atoms with Crippen molar-refractivity contribution in [2.24, 2.45) is 0 Å². The van der Waals surface area contributed by atoms with Crippen LogP contribution in [0.4, 0.5) is 8.78 Å². The van der Waals surface area contributed by atoms with Gasteiger partial charge in [0, 0.05) is 6.42 Å². The van der Waals surface area contributed by atoms with Crippen molar-refractivity contribution in [2.75, 3.05) is 0 Å². The third-order valence-corrected chi connectivity index (χ3v) is 3.69. The first kappa shape index (κ1) is 14.0. The predicted molar refractivity (Wildman–Crippen MR) is 68.9 cm³/mol. The predicted octanol–water partition coefficient (Wildman–Crippen LogP) is 3.04. The Morgan fingerprint density at radius 3 is 2.89 bits per heavy atom. The van der Waals surface area contributed by atoms with Crippen LogP contribution < -0.4 is 0 Å². The van der Waals surface area contributed by atoms with Crippen molar-refractivity contribution in [1.82, 2.24) is 9.59 Å². The highest BCUT2D eigenvalue weighted by atomic mass is 32.1. The maximum Gasteiger partial charge on any atom is 0.162 e. The summed E-state index contributed by atoms with van der Waals surface area (Å²) in [6.07, 6.45) is 0.718. The van der Waals surface area contributed by atoms with E-state index in [1.54, 1.807) is 0 Å². The van der Waals surface area contributed by atoms with Gasteiger partial charge >= 0.3 is 0 Å². The summed E-state index contributed by atoms with van der Waals surface area (Å²) in [6, 6.07) is 3.95. The van der Waals surface area contributed by atoms with Gasteiger partial charge in [0.15, 0.2) is 11.6 Å². The lowest BCUT2D eigenvalue weighted by Crippen LogP contribution is -2.05. The lowest BCUT2D eigenvalue weighted by molar-refractivity contribution is 0.179. The van der Waals surface area contributed by atoms with E-state index in [2.05, 4.69) is 9.59 Å². The zero-order valence-corrected chi connectivity index (χ0v) is 11.3. The van der Waals surface area contributed by atoms with Gasteiger partial charge in [-0.1, -0.05) is 30.0 Å². The molecule has 1 aromatic carbocycles. The summed E-state index contributed by atoms with van der Waals surface area (Å²) in [7, 11) is 0. The number of aliphatic hydroxyl groups excluding tert-OH is 1. The summed E-state index contributed by atoms with van der Waals surface area (Å²) in [6.45, 7) is 2.00. The molecule has 1 N–H and O–H groups in total. The summed E-state index contributed by atoms with van der Waals surface area (Å²) >= 11 is 1.10. The first-order valence-electron chi connectivity index (χ1n) is 6.05. The van der Waals surface area contributed by atoms with E-state index >= 15 is 0 Å². The molecule has 6 heteroatoms. The molecule has 0 saturated heterocycles. The van der Waals surface area contributed by atoms with Crippen LogP contribution in [-0.2, 0) is 12.8 Å². The van der Waals surface area contributed by atoms with Crippen molar-refractivity contribution in [1.29, 1.82) is 0 Å². The average Bonchev–Trinajstić information content (AvgIpc) is 2.84. The Kier molecular flexibility index (Phi) is 4.55. The maximum atomic E-state index is 13.5. The lowest BCUT2D eigenvalue weighted by atomic mass is 10.0. The van der Waals surface area contributed by atoms with Crippen LogP contribution in [-0.4, -0.2) is 14.7 Å². The van der Waals surface area contributed by atoms with Crippen LogP contribution >= 0.6 is 11.5 Å². The molecule has 1 unspecified atom stereocenters. The monoisotopic (exact) mass is 284 g/mol. The summed E-state index contributed by atoms with van der Waals surface area (Å²) in [5.41, 5.74) is 0.889. The normalized spacial score (nSPS) is 12.6. The second-order valence-corrected chi connectivity index (χ2v) is 5.05. The average molecular weight is 284 g/mol. The fourth-order valence-electron chi connectivity index (χ4n) is 1.89. The molecule has 1 aromatic heterocycles. The second kappa shape index (κ2) is 6.16. The van der Waals surface area contributed by atoms with Gasteiger partial charge in [-0.2, -0.15) is 0 Å². The van der Waals surface area contributed by atoms with Gasteiger partial charge in [0.2, 0.25) is 0 Å². The van der Waals surface area contributed by atoms with Crippen molar-refractivity contribution in [3.8, 4) is 0 Å². The van der Waals surface area contributed by atoms with Crippen molar-refractivity contribution < 1.29 is 13.9 Å². The number of hydrogen-bond donors (Lipinski definition) is 1. The van der Waals surface area contributed by atoms with Gasteiger partial charge in [0.05, 0.1) is 16.7 Å². The quantitative estimate of drug-likeness (QED) is 0.918. The molecule has 1 heterocycles. The molecule has 0 saturated carbocycles. The van der Waals surface area contributed by atoms with E-state index in [1.807, 2.05) is 6.92 Å². The van der Waals surface area contributed by atoms with Gasteiger partial charge in [-0.15, -0.1) is 5.10 Å². The Labute approximate surface area is 114 Å². The topological polar surface area (TPSA) is 46.0 Å². The molecule has 0 amide bonds. The minimum atomic E-state index is -0.906. The Morgan fingerprint density at radius 1 is 1.37 bits per heavy atom. The van der Waals surface area contributed by atoms with E-state index < -0.39 is 17.7 Å². The summed E-state index contributed by atoms with van der Waals surface area (Å²) in [5.74, 6) is -1.81. The van der Waals surface area contributed by atoms with Crippen LogP contribution in [0.3, 0.4) is 0 Å². The summed E-state index contributed by atoms with van der Waals surface area (Å²) in [4.78, 5) is 0.630. The number of aliphatic hydroxyl groups is 1. The van der Waals surface area contributed by atoms with Crippen molar-refractivity contribution in [2.45, 2.75) is 32.3 Å². The van der Waals surface area contributed by atoms with E-state index in [4.69, 9.17) is 0 Å². The number of benzene rings is 1. The van der Waals surface area contributed by atoms with Crippen LogP contribution in [0.15, 0.2) is 18.2 Å². The lowest BCUT2D eigenvalue weighted by Gasteiger charge is -2.10. The third-order valence-electron chi connectivity index (χ3n) is 2.82. The van der Waals surface area contributed by atoms with E-state index in [1.165, 1.54) is 12.1 Å². The second-order valence-electron chi connectivity index (χ2n) is 4.27. The highest BCUT2D eigenvalue weighted by Crippen LogP contribution is 2.26. The van der Waals surface area contributed by atoms with Crippen molar-refractivity contribution in [3.05, 3.63) is 46.0 Å². The van der Waals surface area contributed by atoms with Crippen LogP contribution in [0.25, 0.3) is 0 Å². The van der Waals surface area contributed by atoms with Gasteiger partial charge < -0.3 is 5.11 Å². The van der Waals surface area contributed by atoms with Crippen molar-refractivity contribution >= 4 is 11.5 Å². The van der Waals surface area contributed by atoms with E-state index in [0.717, 1.165) is 29.7 Å². The molecule has 3 nitrogen and oxygen atoms in total. The third kappa shape index (κ3) is 3.13. The highest BCUT2D eigenvalue weighted by molar-refractivity contribution is 7.05. The summed E-state index contributed by atoms with van der Waals surface area (Å²) < 4.78 is 30.4. The zero-order chi connectivity index (χ0) is 13.8. The Morgan fingerprint density at radius 2 is 2.16 bits per heavy atom. The first-order chi connectivity index (χ1) is 9.13. The first-order valence-corrected chi connectivity index (χ1v) is 6.83. The van der Waals surface area contributed by atoms with Gasteiger partial charge in [0.25, 0.3) is 0 Å². The smallest absolute Gasteiger partial charge is 0.162 e. The van der Waals surface area contributed by atoms with Crippen LogP contribution in [0.1, 0.15) is 35.6 Å². The molecule has 2 aromatic rings. The molecule has 0 radical (unpaired) electrons. The molecule has 19 heavy (non-hydrogen) atoms. The molecule has 0 spiro atoms. The largest absolute Gasteiger partial charge is 0.387 e. The molecule has 0 aliphatic heterocycles. The van der Waals surface area contributed by atoms with Gasteiger partial charge in [-0.3, -0.25) is 0 Å². The minimum absolute atomic E-state index is 0.0180. The standard InChI is InChI=1S/C13H14F2N2OS/c1-2-4-10-13(19-17-16-10)11(18)7-8-5-3-6-9(14)12(8)15/h3,5-6,11,18H,2,4,7H2,1H3. The van der Waals surface area contributed by atoms with Crippen LogP contribution in [0, 0.1) is 11.6 Å². The molecule has 0 fully saturated rings. The molecular weight excluding hydrogens is 270 g/mol. The van der Waals surface area contributed by atoms with E-state index in [0.29, 0.717) is 11.3 Å². The molecule has 1 atom stereocenters. The van der Waals surface area contributed by atoms with Gasteiger partial charge in [-0.05, 0) is 29.6 Å². The van der Waals surface area contributed by atoms with Crippen molar-refractivity contribution in [3.63, 3.8) is 0 Å². The Balaban J connectivity index is 2.18. The molecule has 0 aliphatic rings. The number of hydrogen-bond acceptors (Lipinski definition) is 4. The molecule has 2 rings (SSSR count). The van der Waals surface area contributed by atoms with E-state index in [-0.39, 0.29) is 12.0 Å². The molecule has 0 aliphatic carbocycles. The van der Waals surface area contributed by atoms with E-state index in [9.17, 15) is 13.9 Å². The summed E-state index contributed by atoms with van der Waals surface area (Å²) in [5, 5.41) is 14.1. The Bertz CT molecular complexity index is 559. The fourth-order valence-corrected chi connectivity index (χ4v) is 2.57. The number of nitrogens with zero attached hydrogens (tertiary/aromatic N) is 2. The number of aromatic nitrogens is 2. The van der Waals surface area contributed by atoms with Gasteiger partial charge in [0.1, 0.15) is 0 Å². The maximum absolute atomic E-state index is 13.5. The number of halogens is 2. The zero-order valence-electron chi connectivity index (χ0n) is 10.4. The fraction of sp³-hybridized carbons (Fsp3) is 0.385. The highest BCUT2D eigenvalue weighted by Gasteiger charge is 2.19. The Hall–Kier alpha value is -1.40. The van der Waals surface area contributed by atoms with Crippen LogP contribution in [0.5, 0.6) is 0 Å². The SMILES string of the molecule is CCCc1nnsc1C(O)Cc1cccc(F)c1F. The van der Waals surface area contributed by atoms with Gasteiger partial charge in [-0.25, -0.2) is 8.78 Å². The van der Waals surface area contributed by atoms with Crippen LogP contribution in [0.2, 0.25) is 0 Å².